The molecule has 0 spiro atoms. The molecule has 3 aromatic rings. The molecule has 1 amide bonds. The maximum Gasteiger partial charge on any atom is 0.280 e. The number of ether oxygens (including phenoxy) is 1. The molecule has 0 aliphatic heterocycles. The Morgan fingerprint density at radius 2 is 1.75 bits per heavy atom. The van der Waals surface area contributed by atoms with Crippen LogP contribution in [-0.2, 0) is 6.54 Å². The van der Waals surface area contributed by atoms with Crippen LogP contribution < -0.4 is 20.9 Å². The van der Waals surface area contributed by atoms with Crippen molar-refractivity contribution in [1.82, 2.24) is 16.2 Å². The molecule has 0 aliphatic rings. The molecule has 28 heavy (non-hydrogen) atoms. The zero-order valence-corrected chi connectivity index (χ0v) is 17.2. The Bertz CT molecular complexity index is 951. The first-order valence-corrected chi connectivity index (χ1v) is 9.97. The van der Waals surface area contributed by atoms with Crippen molar-refractivity contribution in [2.75, 3.05) is 7.11 Å². The standard InChI is InChI=1S/C21H21N3O2S2/c1-14-3-7-16(8-4-14)18-11-12-28-19(18)20(25)23-24-21(27)22-13-15-5-9-17(26-2)10-6-15/h3-12H,13H2,1-2H3,(H,23,25)(H2,22,24,27). The molecule has 3 N–H and O–H groups in total. The van der Waals surface area contributed by atoms with Gasteiger partial charge in [-0.15, -0.1) is 11.3 Å². The summed E-state index contributed by atoms with van der Waals surface area (Å²) < 4.78 is 5.14. The van der Waals surface area contributed by atoms with E-state index in [1.165, 1.54) is 16.9 Å². The van der Waals surface area contributed by atoms with Crippen molar-refractivity contribution in [1.29, 1.82) is 0 Å². The highest BCUT2D eigenvalue weighted by molar-refractivity contribution is 7.80. The maximum atomic E-state index is 12.6. The van der Waals surface area contributed by atoms with Gasteiger partial charge < -0.3 is 10.1 Å². The summed E-state index contributed by atoms with van der Waals surface area (Å²) in [6.07, 6.45) is 0. The lowest BCUT2D eigenvalue weighted by atomic mass is 10.1. The first kappa shape index (κ1) is 19.9. The first-order valence-electron chi connectivity index (χ1n) is 8.68. The van der Waals surface area contributed by atoms with E-state index < -0.39 is 0 Å². The number of hydrogen-bond donors (Lipinski definition) is 3. The highest BCUT2D eigenvalue weighted by Gasteiger charge is 2.14. The fourth-order valence-corrected chi connectivity index (χ4v) is 3.52. The van der Waals surface area contributed by atoms with Crippen molar-refractivity contribution in [3.63, 3.8) is 0 Å². The predicted octanol–water partition coefficient (Wildman–Crippen LogP) is 4.04. The van der Waals surface area contributed by atoms with E-state index in [0.717, 1.165) is 22.4 Å². The van der Waals surface area contributed by atoms with E-state index >= 15 is 0 Å². The van der Waals surface area contributed by atoms with E-state index in [-0.39, 0.29) is 5.91 Å². The molecule has 7 heteroatoms. The Hall–Kier alpha value is -2.90. The second-order valence-corrected chi connectivity index (χ2v) is 7.46. The van der Waals surface area contributed by atoms with Gasteiger partial charge in [0.2, 0.25) is 0 Å². The highest BCUT2D eigenvalue weighted by Crippen LogP contribution is 2.28. The first-order chi connectivity index (χ1) is 13.6. The van der Waals surface area contributed by atoms with Crippen LogP contribution in [0.5, 0.6) is 5.75 Å². The van der Waals surface area contributed by atoms with E-state index in [1.807, 2.05) is 66.9 Å². The Balaban J connectivity index is 1.53. The number of hydrogen-bond acceptors (Lipinski definition) is 4. The van der Waals surface area contributed by atoms with Crippen molar-refractivity contribution >= 4 is 34.6 Å². The molecule has 0 radical (unpaired) electrons. The number of hydrazine groups is 1. The minimum atomic E-state index is -0.223. The summed E-state index contributed by atoms with van der Waals surface area (Å²) in [7, 11) is 1.63. The smallest absolute Gasteiger partial charge is 0.280 e. The molecule has 144 valence electrons. The van der Waals surface area contributed by atoms with Crippen LogP contribution in [0.3, 0.4) is 0 Å². The van der Waals surface area contributed by atoms with Crippen LogP contribution in [0.4, 0.5) is 0 Å². The van der Waals surface area contributed by atoms with Gasteiger partial charge in [0.25, 0.3) is 5.91 Å². The third-order valence-corrected chi connectivity index (χ3v) is 5.30. The van der Waals surface area contributed by atoms with Crippen molar-refractivity contribution in [2.45, 2.75) is 13.5 Å². The second-order valence-electron chi connectivity index (χ2n) is 6.14. The molecule has 3 rings (SSSR count). The molecule has 1 aromatic heterocycles. The zero-order chi connectivity index (χ0) is 19.9. The fraction of sp³-hybridized carbons (Fsp3) is 0.143. The van der Waals surface area contributed by atoms with E-state index in [2.05, 4.69) is 16.2 Å². The molecule has 1 heterocycles. The number of amides is 1. The number of carbonyl (C=O) groups is 1. The average molecular weight is 412 g/mol. The minimum absolute atomic E-state index is 0.223. The van der Waals surface area contributed by atoms with Crippen LogP contribution in [0, 0.1) is 6.92 Å². The predicted molar refractivity (Wildman–Crippen MR) is 118 cm³/mol. The molecular weight excluding hydrogens is 390 g/mol. The number of aryl methyl sites for hydroxylation is 1. The largest absolute Gasteiger partial charge is 0.497 e. The molecule has 5 nitrogen and oxygen atoms in total. The van der Waals surface area contributed by atoms with Gasteiger partial charge in [0.1, 0.15) is 10.6 Å². The molecule has 2 aromatic carbocycles. The van der Waals surface area contributed by atoms with Gasteiger partial charge in [0.15, 0.2) is 5.11 Å². The Labute approximate surface area is 173 Å². The van der Waals surface area contributed by atoms with Crippen molar-refractivity contribution in [3.05, 3.63) is 76.0 Å². The third-order valence-electron chi connectivity index (χ3n) is 4.14. The molecule has 0 fully saturated rings. The number of nitrogens with one attached hydrogen (secondary N) is 3. The van der Waals surface area contributed by atoms with Gasteiger partial charge in [0, 0.05) is 12.1 Å². The van der Waals surface area contributed by atoms with Gasteiger partial charge in [-0.05, 0) is 53.8 Å². The van der Waals surface area contributed by atoms with Crippen molar-refractivity contribution in [2.24, 2.45) is 0 Å². The Kier molecular flexibility index (Phi) is 6.62. The molecule has 0 bridgehead atoms. The molecule has 0 unspecified atom stereocenters. The van der Waals surface area contributed by atoms with Crippen molar-refractivity contribution < 1.29 is 9.53 Å². The topological polar surface area (TPSA) is 62.4 Å². The normalized spacial score (nSPS) is 10.2. The fourth-order valence-electron chi connectivity index (χ4n) is 2.59. The van der Waals surface area contributed by atoms with E-state index in [4.69, 9.17) is 17.0 Å². The van der Waals surface area contributed by atoms with Gasteiger partial charge in [-0.1, -0.05) is 42.0 Å². The number of thiophene rings is 1. The van der Waals surface area contributed by atoms with Gasteiger partial charge in [-0.25, -0.2) is 0 Å². The van der Waals surface area contributed by atoms with Crippen LogP contribution in [0.15, 0.2) is 60.0 Å². The summed E-state index contributed by atoms with van der Waals surface area (Å²) in [5, 5.41) is 5.31. The van der Waals surface area contributed by atoms with Gasteiger partial charge in [-0.3, -0.25) is 15.6 Å². The maximum absolute atomic E-state index is 12.6. The van der Waals surface area contributed by atoms with Crippen molar-refractivity contribution in [3.8, 4) is 16.9 Å². The SMILES string of the molecule is COc1ccc(CNC(=S)NNC(=O)c2sccc2-c2ccc(C)cc2)cc1. The zero-order valence-electron chi connectivity index (χ0n) is 15.6. The lowest BCUT2D eigenvalue weighted by molar-refractivity contribution is 0.0948. The van der Waals surface area contributed by atoms with Gasteiger partial charge >= 0.3 is 0 Å². The lowest BCUT2D eigenvalue weighted by Gasteiger charge is -2.12. The summed E-state index contributed by atoms with van der Waals surface area (Å²) in [5.74, 6) is 0.580. The van der Waals surface area contributed by atoms with Crippen LogP contribution in [0.2, 0.25) is 0 Å². The lowest BCUT2D eigenvalue weighted by Crippen LogP contribution is -2.46. The van der Waals surface area contributed by atoms with Gasteiger partial charge in [0.05, 0.1) is 7.11 Å². The number of thiocarbonyl (C=S) groups is 1. The van der Waals surface area contributed by atoms with Crippen LogP contribution in [0.1, 0.15) is 20.8 Å². The highest BCUT2D eigenvalue weighted by atomic mass is 32.1. The van der Waals surface area contributed by atoms with E-state index in [9.17, 15) is 4.79 Å². The number of methoxy groups -OCH3 is 1. The summed E-state index contributed by atoms with van der Waals surface area (Å²) in [6.45, 7) is 2.58. The summed E-state index contributed by atoms with van der Waals surface area (Å²) in [5.41, 5.74) is 9.56. The quantitative estimate of drug-likeness (QED) is 0.437. The number of benzene rings is 2. The van der Waals surface area contributed by atoms with Gasteiger partial charge in [-0.2, -0.15) is 0 Å². The van der Waals surface area contributed by atoms with E-state index in [1.54, 1.807) is 7.11 Å². The van der Waals surface area contributed by atoms with E-state index in [0.29, 0.717) is 16.5 Å². The molecule has 0 atom stereocenters. The molecule has 0 aliphatic carbocycles. The second kappa shape index (κ2) is 9.34. The Morgan fingerprint density at radius 3 is 2.43 bits per heavy atom. The van der Waals surface area contributed by atoms with Crippen LogP contribution in [0.25, 0.3) is 11.1 Å². The summed E-state index contributed by atoms with van der Waals surface area (Å²) in [4.78, 5) is 13.2. The van der Waals surface area contributed by atoms with Crippen LogP contribution >= 0.6 is 23.6 Å². The van der Waals surface area contributed by atoms with Crippen LogP contribution in [-0.4, -0.2) is 18.1 Å². The summed E-state index contributed by atoms with van der Waals surface area (Å²) >= 11 is 6.63. The molecule has 0 saturated carbocycles. The average Bonchev–Trinajstić information content (AvgIpc) is 3.21. The molecule has 0 saturated heterocycles. The number of rotatable bonds is 5. The Morgan fingerprint density at radius 1 is 1.04 bits per heavy atom. The number of carbonyl (C=O) groups excluding carboxylic acids is 1. The monoisotopic (exact) mass is 411 g/mol. The third kappa shape index (κ3) is 5.09. The minimum Gasteiger partial charge on any atom is -0.497 e. The molecular formula is C21H21N3O2S2. The summed E-state index contributed by atoms with van der Waals surface area (Å²) in [6, 6.07) is 17.7.